The van der Waals surface area contributed by atoms with Crippen LogP contribution in [0.2, 0.25) is 0 Å². The first kappa shape index (κ1) is 27.2. The van der Waals surface area contributed by atoms with Crippen molar-refractivity contribution in [3.8, 4) is 11.8 Å². The maximum absolute atomic E-state index is 11.6. The van der Waals surface area contributed by atoms with E-state index in [2.05, 4.69) is 31.6 Å². The van der Waals surface area contributed by atoms with E-state index in [4.69, 9.17) is 4.74 Å². The number of nitrogens with one attached hydrogen (secondary N) is 1. The molecular weight excluding hydrogens is 424 g/mol. The zero-order valence-corrected chi connectivity index (χ0v) is 19.6. The highest BCUT2D eigenvalue weighted by Crippen LogP contribution is 2.10. The van der Waals surface area contributed by atoms with Crippen molar-refractivity contribution in [2.24, 2.45) is 0 Å². The van der Waals surface area contributed by atoms with Gasteiger partial charge in [-0.2, -0.15) is 0 Å². The molecule has 176 valence electrons. The lowest BCUT2D eigenvalue weighted by atomic mass is 10.2. The maximum atomic E-state index is 11.6. The first-order chi connectivity index (χ1) is 15.6. The highest BCUT2D eigenvalue weighted by Gasteiger charge is 2.16. The minimum absolute atomic E-state index is 0.290. The fourth-order valence-corrected chi connectivity index (χ4v) is 2.16. The van der Waals surface area contributed by atoms with Gasteiger partial charge in [-0.3, -0.25) is 14.9 Å². The maximum Gasteiger partial charge on any atom is 0.413 e. The van der Waals surface area contributed by atoms with Gasteiger partial charge in [-0.25, -0.2) is 9.78 Å². The highest BCUT2D eigenvalue weighted by molar-refractivity contribution is 5.91. The summed E-state index contributed by atoms with van der Waals surface area (Å²) in [6, 6.07) is 13.2. The van der Waals surface area contributed by atoms with Gasteiger partial charge in [0.05, 0.1) is 13.2 Å². The van der Waals surface area contributed by atoms with E-state index in [9.17, 15) is 14.4 Å². The molecule has 8 nitrogen and oxygen atoms in total. The number of pyridine rings is 1. The minimum atomic E-state index is -0.537. The standard InChI is InChI=1S/C18H18N2O2.C7H12O4/c1-18(2,3)22-17(21)20-16-12-11-15(13-19-16)10-9-14-7-5-4-6-8-14;1-3-10-6(8)5-7(9)11-4-2/h4-8,11-13H,1-3H3,(H,19,20,21);3-5H2,1-2H3. The molecular formula is C25H30N2O6. The van der Waals surface area contributed by atoms with Crippen LogP contribution in [0.4, 0.5) is 10.6 Å². The molecule has 0 atom stereocenters. The molecule has 0 spiro atoms. The molecule has 1 aromatic carbocycles. The van der Waals surface area contributed by atoms with Crippen LogP contribution >= 0.6 is 0 Å². The molecule has 1 aromatic heterocycles. The monoisotopic (exact) mass is 454 g/mol. The predicted molar refractivity (Wildman–Crippen MR) is 124 cm³/mol. The second-order valence-corrected chi connectivity index (χ2v) is 7.46. The number of amides is 1. The molecule has 0 aliphatic carbocycles. The van der Waals surface area contributed by atoms with Crippen molar-refractivity contribution in [3.05, 3.63) is 59.8 Å². The zero-order chi connectivity index (χ0) is 24.7. The van der Waals surface area contributed by atoms with Crippen LogP contribution in [0.25, 0.3) is 0 Å². The van der Waals surface area contributed by atoms with Crippen LogP contribution in [0.1, 0.15) is 52.2 Å². The smallest absolute Gasteiger partial charge is 0.413 e. The largest absolute Gasteiger partial charge is 0.466 e. The Morgan fingerprint density at radius 2 is 1.45 bits per heavy atom. The van der Waals surface area contributed by atoms with Crippen molar-refractivity contribution >= 4 is 23.8 Å². The van der Waals surface area contributed by atoms with Crippen molar-refractivity contribution in [1.82, 2.24) is 4.98 Å². The second kappa shape index (κ2) is 14.2. The van der Waals surface area contributed by atoms with E-state index >= 15 is 0 Å². The number of esters is 2. The number of carbonyl (C=O) groups excluding carboxylic acids is 3. The van der Waals surface area contributed by atoms with Gasteiger partial charge >= 0.3 is 18.0 Å². The molecule has 8 heteroatoms. The third-order valence-electron chi connectivity index (χ3n) is 3.42. The molecule has 2 aromatic rings. The summed E-state index contributed by atoms with van der Waals surface area (Å²) in [6.45, 7) is 9.37. The molecule has 0 saturated heterocycles. The molecule has 0 bridgehead atoms. The van der Waals surface area contributed by atoms with Crippen LogP contribution in [0.15, 0.2) is 48.7 Å². The number of ether oxygens (including phenoxy) is 3. The third-order valence-corrected chi connectivity index (χ3v) is 3.42. The number of hydrogen-bond donors (Lipinski definition) is 1. The summed E-state index contributed by atoms with van der Waals surface area (Å²) in [5.41, 5.74) is 1.18. The average molecular weight is 455 g/mol. The van der Waals surface area contributed by atoms with E-state index in [-0.39, 0.29) is 19.6 Å². The van der Waals surface area contributed by atoms with Crippen LogP contribution in [-0.2, 0) is 23.8 Å². The summed E-state index contributed by atoms with van der Waals surface area (Å²) in [5.74, 6) is 5.43. The molecule has 1 amide bonds. The van der Waals surface area contributed by atoms with Gasteiger partial charge in [0.15, 0.2) is 0 Å². The van der Waals surface area contributed by atoms with E-state index < -0.39 is 23.6 Å². The first-order valence-corrected chi connectivity index (χ1v) is 10.5. The lowest BCUT2D eigenvalue weighted by Crippen LogP contribution is -2.27. The summed E-state index contributed by atoms with van der Waals surface area (Å²) in [4.78, 5) is 37.0. The normalized spacial score (nSPS) is 9.85. The van der Waals surface area contributed by atoms with Crippen molar-refractivity contribution in [3.63, 3.8) is 0 Å². The summed E-state index contributed by atoms with van der Waals surface area (Å²) < 4.78 is 14.2. The number of carbonyl (C=O) groups is 3. The fraction of sp³-hybridized carbons (Fsp3) is 0.360. The van der Waals surface area contributed by atoms with Gasteiger partial charge < -0.3 is 14.2 Å². The van der Waals surface area contributed by atoms with E-state index in [1.807, 2.05) is 51.1 Å². The van der Waals surface area contributed by atoms with E-state index in [0.717, 1.165) is 11.1 Å². The predicted octanol–water partition coefficient (Wildman–Crippen LogP) is 4.33. The quantitative estimate of drug-likeness (QED) is 0.310. The van der Waals surface area contributed by atoms with Crippen molar-refractivity contribution in [2.45, 2.75) is 46.6 Å². The molecule has 33 heavy (non-hydrogen) atoms. The number of benzene rings is 1. The lowest BCUT2D eigenvalue weighted by molar-refractivity contribution is -0.153. The van der Waals surface area contributed by atoms with E-state index in [1.165, 1.54) is 0 Å². The zero-order valence-electron chi connectivity index (χ0n) is 19.6. The Hall–Kier alpha value is -3.86. The summed E-state index contributed by atoms with van der Waals surface area (Å²) in [7, 11) is 0. The van der Waals surface area contributed by atoms with Crippen LogP contribution < -0.4 is 5.32 Å². The van der Waals surface area contributed by atoms with Crippen molar-refractivity contribution in [2.75, 3.05) is 18.5 Å². The van der Waals surface area contributed by atoms with Gasteiger partial charge in [0.25, 0.3) is 0 Å². The highest BCUT2D eigenvalue weighted by atomic mass is 16.6. The molecule has 0 saturated carbocycles. The van der Waals surface area contributed by atoms with Crippen molar-refractivity contribution in [1.29, 1.82) is 0 Å². The summed E-state index contributed by atoms with van der Waals surface area (Å²) >= 11 is 0. The SMILES string of the molecule is CC(C)(C)OC(=O)Nc1ccc(C#Cc2ccccc2)cn1.CCOC(=O)CC(=O)OCC. The van der Waals surface area contributed by atoms with Crippen molar-refractivity contribution < 1.29 is 28.6 Å². The van der Waals surface area contributed by atoms with Crippen LogP contribution in [0.5, 0.6) is 0 Å². The van der Waals surface area contributed by atoms with E-state index in [1.54, 1.807) is 32.2 Å². The molecule has 0 aliphatic heterocycles. The molecule has 1 N–H and O–H groups in total. The van der Waals surface area contributed by atoms with Gasteiger partial charge in [-0.05, 0) is 58.9 Å². The number of hydrogen-bond acceptors (Lipinski definition) is 7. The van der Waals surface area contributed by atoms with Gasteiger partial charge in [0.1, 0.15) is 17.8 Å². The topological polar surface area (TPSA) is 104 Å². The van der Waals surface area contributed by atoms with Gasteiger partial charge in [0, 0.05) is 17.3 Å². The Bertz CT molecular complexity index is 938. The Kier molecular flexibility index (Phi) is 11.7. The Morgan fingerprint density at radius 3 is 1.94 bits per heavy atom. The first-order valence-electron chi connectivity index (χ1n) is 10.5. The van der Waals surface area contributed by atoms with E-state index in [0.29, 0.717) is 5.82 Å². The molecule has 0 unspecified atom stereocenters. The average Bonchev–Trinajstić information content (AvgIpc) is 2.73. The van der Waals surface area contributed by atoms with Crippen LogP contribution in [0.3, 0.4) is 0 Å². The lowest BCUT2D eigenvalue weighted by Gasteiger charge is -2.19. The molecule has 0 aliphatic rings. The van der Waals surface area contributed by atoms with Crippen LogP contribution in [0, 0.1) is 11.8 Å². The van der Waals surface area contributed by atoms with Crippen LogP contribution in [-0.4, -0.2) is 41.8 Å². The molecule has 1 heterocycles. The Balaban J connectivity index is 0.000000420. The summed E-state index contributed by atoms with van der Waals surface area (Å²) in [6.07, 6.45) is 0.799. The Morgan fingerprint density at radius 1 is 0.879 bits per heavy atom. The number of rotatable bonds is 5. The number of nitrogens with zero attached hydrogens (tertiary/aromatic N) is 1. The minimum Gasteiger partial charge on any atom is -0.466 e. The van der Waals surface area contributed by atoms with Gasteiger partial charge in [0.2, 0.25) is 0 Å². The molecule has 2 rings (SSSR count). The second-order valence-electron chi connectivity index (χ2n) is 7.46. The number of aromatic nitrogens is 1. The Labute approximate surface area is 194 Å². The van der Waals surface area contributed by atoms with Gasteiger partial charge in [-0.15, -0.1) is 0 Å². The molecule has 0 radical (unpaired) electrons. The fourth-order valence-electron chi connectivity index (χ4n) is 2.16. The third kappa shape index (κ3) is 13.2. The molecule has 0 fully saturated rings. The summed E-state index contributed by atoms with van der Waals surface area (Å²) in [5, 5.41) is 2.58. The number of anilines is 1. The van der Waals surface area contributed by atoms with Gasteiger partial charge in [-0.1, -0.05) is 30.0 Å².